The number of ether oxygens (including phenoxy) is 2. The van der Waals surface area contributed by atoms with Gasteiger partial charge in [-0.25, -0.2) is 0 Å². The first-order valence-electron chi connectivity index (χ1n) is 35.6. The van der Waals surface area contributed by atoms with Gasteiger partial charge in [-0.1, -0.05) is 267 Å². The van der Waals surface area contributed by atoms with Crippen LogP contribution in [0.25, 0.3) is 87.0 Å². The second-order valence-corrected chi connectivity index (χ2v) is 33.5. The Morgan fingerprint density at radius 2 is 0.510 bits per heavy atom. The molecule has 0 atom stereocenters. The molecule has 508 valence electrons. The largest absolute Gasteiger partial charge is 0.493 e. The van der Waals surface area contributed by atoms with Gasteiger partial charge in [0.05, 0.1) is 13.2 Å². The number of hydrogen-bond acceptors (Lipinski definition) is 8. The van der Waals surface area contributed by atoms with Crippen LogP contribution < -0.4 is 18.5 Å². The maximum atomic E-state index is 7.79. The molecule has 0 saturated carbocycles. The summed E-state index contributed by atoms with van der Waals surface area (Å²) in [7, 11) is -4.34. The lowest BCUT2D eigenvalue weighted by Gasteiger charge is -2.29. The van der Waals surface area contributed by atoms with E-state index in [4.69, 9.17) is 35.3 Å². The molecule has 0 spiro atoms. The van der Waals surface area contributed by atoms with Gasteiger partial charge in [0.25, 0.3) is 0 Å². The molecule has 0 N–H and O–H groups in total. The average Bonchev–Trinajstić information content (AvgIpc) is 1.43. The van der Waals surface area contributed by atoms with Crippen LogP contribution in [0.3, 0.4) is 0 Å². The Morgan fingerprint density at radius 3 is 0.730 bits per heavy atom. The summed E-state index contributed by atoms with van der Waals surface area (Å²) in [6.45, 7) is 33.1. The van der Waals surface area contributed by atoms with Crippen molar-refractivity contribution in [2.24, 2.45) is 0 Å². The highest BCUT2D eigenvalue weighted by atomic mass is 31.1. The first-order valence-corrected chi connectivity index (χ1v) is 37.8. The molecule has 12 aromatic carbocycles. The lowest BCUT2D eigenvalue weighted by Crippen LogP contribution is -2.17. The van der Waals surface area contributed by atoms with Crippen molar-refractivity contribution >= 4 is 103 Å². The van der Waals surface area contributed by atoms with E-state index in [-0.39, 0.29) is 21.7 Å². The van der Waals surface area contributed by atoms with Crippen LogP contribution in [0.4, 0.5) is 0 Å². The Bertz CT molecular complexity index is 5010. The third-order valence-corrected chi connectivity index (χ3v) is 22.0. The van der Waals surface area contributed by atoms with Crippen molar-refractivity contribution in [1.29, 1.82) is 0 Å². The molecule has 0 radical (unpaired) electrons. The van der Waals surface area contributed by atoms with Crippen LogP contribution in [0.1, 0.15) is 177 Å². The van der Waals surface area contributed by atoms with Gasteiger partial charge in [0.1, 0.15) is 45.3 Å². The molecule has 8 bridgehead atoms. The second-order valence-electron chi connectivity index (χ2n) is 31.5. The molecule has 8 nitrogen and oxygen atoms in total. The Hall–Kier alpha value is -9.32. The molecule has 2 heterocycles. The first-order chi connectivity index (χ1) is 47.9. The van der Waals surface area contributed by atoms with Crippen molar-refractivity contribution in [2.75, 3.05) is 13.2 Å². The molecule has 1 aliphatic carbocycles. The average molecular weight is 1360 g/mol. The first kappa shape index (κ1) is 66.6. The maximum absolute atomic E-state index is 7.79. The van der Waals surface area contributed by atoms with Gasteiger partial charge in [-0.3, -0.25) is 0 Å². The normalized spacial score (nSPS) is 13.1. The van der Waals surface area contributed by atoms with Crippen LogP contribution in [0.5, 0.6) is 23.0 Å². The molecule has 14 aromatic rings. The highest BCUT2D eigenvalue weighted by Gasteiger charge is 2.32. The van der Waals surface area contributed by atoms with Crippen LogP contribution >= 0.6 is 16.5 Å². The molecule has 10 heteroatoms. The van der Waals surface area contributed by atoms with Gasteiger partial charge in [-0.15, -0.1) is 0 Å². The van der Waals surface area contributed by atoms with E-state index in [1.807, 2.05) is 0 Å². The molecule has 1 aliphatic rings. The number of rotatable bonds is 10. The van der Waals surface area contributed by atoms with E-state index >= 15 is 0 Å². The summed E-state index contributed by atoms with van der Waals surface area (Å²) >= 11 is 0. The molecule has 100 heavy (non-hydrogen) atoms. The van der Waals surface area contributed by atoms with Gasteiger partial charge in [-0.05, 0) is 146 Å². The van der Waals surface area contributed by atoms with Crippen LogP contribution in [-0.2, 0) is 47.3 Å². The third kappa shape index (κ3) is 12.8. The van der Waals surface area contributed by atoms with Crippen molar-refractivity contribution in [3.63, 3.8) is 0 Å². The van der Waals surface area contributed by atoms with Crippen LogP contribution in [-0.4, -0.2) is 13.2 Å². The van der Waals surface area contributed by atoms with Crippen LogP contribution in [0.2, 0.25) is 0 Å². The highest BCUT2D eigenvalue weighted by Crippen LogP contribution is 2.51. The van der Waals surface area contributed by atoms with Crippen molar-refractivity contribution in [3.05, 3.63) is 261 Å². The van der Waals surface area contributed by atoms with Crippen molar-refractivity contribution in [3.8, 4) is 23.0 Å². The fourth-order valence-corrected chi connectivity index (χ4v) is 16.8. The molecular formula is C90H90O8P2. The molecule has 15 rings (SSSR count). The van der Waals surface area contributed by atoms with Crippen molar-refractivity contribution < 1.29 is 35.3 Å². The van der Waals surface area contributed by atoms with Gasteiger partial charge in [0.2, 0.25) is 0 Å². The SMILES string of the molecule is CCCOc1c2cc(C(C)(C)C)cc1Cc1cc(C(C)(C)C)cc(c1Op1oc3ccc4ccccc4c3c3c(ccc4ccccc43)o1)Cc1cc(C(C)(C)C)cc(c1OCCC)Cc1cc(C(C)(C)C)cc(c1Op1oc3ccc4ccccc4c3c3c(ccc4ccccc43)o1)C2. The second kappa shape index (κ2) is 26.0. The summed E-state index contributed by atoms with van der Waals surface area (Å²) < 4.78 is 59.5. The molecule has 0 fully saturated rings. The van der Waals surface area contributed by atoms with Crippen molar-refractivity contribution in [1.82, 2.24) is 0 Å². The van der Waals surface area contributed by atoms with E-state index in [1.54, 1.807) is 0 Å². The minimum atomic E-state index is -2.17. The van der Waals surface area contributed by atoms with Gasteiger partial charge in [0.15, 0.2) is 0 Å². The van der Waals surface area contributed by atoms with Gasteiger partial charge in [-0.2, -0.15) is 0 Å². The van der Waals surface area contributed by atoms with Crippen LogP contribution in [0.15, 0.2) is 211 Å². The van der Waals surface area contributed by atoms with E-state index in [0.717, 1.165) is 145 Å². The Kier molecular flexibility index (Phi) is 17.3. The zero-order chi connectivity index (χ0) is 69.6. The van der Waals surface area contributed by atoms with E-state index in [9.17, 15) is 0 Å². The standard InChI is InChI=1S/C90H90O8P2/c1-15-41-91-83-59-43-63-51-69(89(9,10)11)53-65(85(63)97-99-93-75-37-33-55-25-17-21-29-71(55)79(75)80-72-30-22-18-26-56(72)34-38-76(80)94-99)45-61-49-68(88(6,7)8)50-62(84(61)92-42-16-2)46-66-54-70(90(12,13)14)52-64(44-60(83)48-67(47-59)87(3,4)5)86(66)98-100-95-77-39-35-57-27-19-23-31-73(57)81(77)82-74-32-24-20-28-58(74)36-40-78(82)96-100/h17-40,47-54H,15-16,41-46H2,1-14H3. The summed E-state index contributed by atoms with van der Waals surface area (Å²) in [6.07, 6.45) is 3.48. The Balaban J connectivity index is 1.03. The monoisotopic (exact) mass is 1360 g/mol. The van der Waals surface area contributed by atoms with E-state index in [2.05, 4.69) is 291 Å². The molecule has 0 unspecified atom stereocenters. The minimum Gasteiger partial charge on any atom is -0.493 e. The summed E-state index contributed by atoms with van der Waals surface area (Å²) in [5.74, 6) is 3.14. The van der Waals surface area contributed by atoms with Crippen molar-refractivity contribution in [2.45, 2.75) is 157 Å². The van der Waals surface area contributed by atoms with Gasteiger partial charge < -0.3 is 35.3 Å². The van der Waals surface area contributed by atoms with E-state index in [1.165, 1.54) is 22.3 Å². The molecule has 0 amide bonds. The lowest BCUT2D eigenvalue weighted by molar-refractivity contribution is 0.311. The summed E-state index contributed by atoms with van der Waals surface area (Å²) in [4.78, 5) is 0. The van der Waals surface area contributed by atoms with Crippen LogP contribution in [0, 0.1) is 0 Å². The smallest absolute Gasteiger partial charge is 0.453 e. The summed E-state index contributed by atoms with van der Waals surface area (Å²) in [5, 5.41) is 12.7. The van der Waals surface area contributed by atoms with Gasteiger partial charge >= 0.3 is 16.5 Å². The summed E-state index contributed by atoms with van der Waals surface area (Å²) in [5.41, 5.74) is 14.7. The van der Waals surface area contributed by atoms with E-state index in [0.29, 0.717) is 61.2 Å². The Labute approximate surface area is 589 Å². The molecule has 0 saturated heterocycles. The van der Waals surface area contributed by atoms with Gasteiger partial charge in [0, 0.05) is 69.5 Å². The summed E-state index contributed by atoms with van der Waals surface area (Å²) in [6, 6.07) is 70.2. The fourth-order valence-electron chi connectivity index (χ4n) is 14.6. The zero-order valence-corrected chi connectivity index (χ0v) is 62.1. The van der Waals surface area contributed by atoms with E-state index < -0.39 is 16.5 Å². The zero-order valence-electron chi connectivity index (χ0n) is 60.3. The number of benzene rings is 12. The minimum absolute atomic E-state index is 0.272. The lowest BCUT2D eigenvalue weighted by atomic mass is 9.79. The third-order valence-electron chi connectivity index (χ3n) is 19.9. The highest BCUT2D eigenvalue weighted by molar-refractivity contribution is 7.32. The maximum Gasteiger partial charge on any atom is 0.453 e. The molecule has 0 aliphatic heterocycles. The number of hydrogen-bond donors (Lipinski definition) is 0. The molecular weight excluding hydrogens is 1270 g/mol. The predicted molar refractivity (Wildman–Crippen MR) is 418 cm³/mol. The fraction of sp³-hybridized carbons (Fsp3) is 0.289. The Morgan fingerprint density at radius 1 is 0.290 bits per heavy atom. The topological polar surface area (TPSA) is 89.5 Å². The quantitative estimate of drug-likeness (QED) is 0.134. The predicted octanol–water partition coefficient (Wildman–Crippen LogP) is 26.6. The number of fused-ring (bicyclic) bond motifs is 22. The molecule has 2 aromatic heterocycles.